The minimum Gasteiger partial charge on any atom is -0.364 e. The summed E-state index contributed by atoms with van der Waals surface area (Å²) < 4.78 is 2.54. The van der Waals surface area contributed by atoms with Gasteiger partial charge in [-0.15, -0.1) is 0 Å². The fourth-order valence-electron chi connectivity index (χ4n) is 1.17. The Balaban J connectivity index is 1.99. The number of hydrogen-bond donors (Lipinski definition) is 1. The van der Waals surface area contributed by atoms with E-state index in [0.29, 0.717) is 6.54 Å². The summed E-state index contributed by atoms with van der Waals surface area (Å²) >= 11 is 3.28. The number of anilines is 1. The van der Waals surface area contributed by atoms with Gasteiger partial charge in [-0.1, -0.05) is 0 Å². The van der Waals surface area contributed by atoms with E-state index in [1.807, 2.05) is 25.4 Å². The summed E-state index contributed by atoms with van der Waals surface area (Å²) in [5.74, 6) is 0.780. The van der Waals surface area contributed by atoms with Crippen LogP contribution in [-0.4, -0.2) is 19.7 Å². The first-order valence-corrected chi connectivity index (χ1v) is 5.23. The zero-order chi connectivity index (χ0) is 10.7. The zero-order valence-corrected chi connectivity index (χ0v) is 9.77. The predicted molar refractivity (Wildman–Crippen MR) is 60.3 cm³/mol. The molecule has 0 aliphatic rings. The summed E-state index contributed by atoms with van der Waals surface area (Å²) in [6.45, 7) is 0.657. The standard InChI is InChI=1S/C9H10BrN5/c1-15-3-2-7(14-15)5-11-9-4-8(10)12-6-13-9/h2-4,6H,5H2,1H3,(H,11,12,13). The molecule has 0 saturated carbocycles. The van der Waals surface area contributed by atoms with Crippen molar-refractivity contribution in [2.24, 2.45) is 7.05 Å². The number of nitrogens with one attached hydrogen (secondary N) is 1. The monoisotopic (exact) mass is 267 g/mol. The number of hydrogen-bond acceptors (Lipinski definition) is 4. The van der Waals surface area contributed by atoms with E-state index in [4.69, 9.17) is 0 Å². The lowest BCUT2D eigenvalue weighted by Gasteiger charge is -2.02. The van der Waals surface area contributed by atoms with Gasteiger partial charge in [0.05, 0.1) is 12.2 Å². The van der Waals surface area contributed by atoms with Crippen molar-refractivity contribution in [3.8, 4) is 0 Å². The highest BCUT2D eigenvalue weighted by atomic mass is 79.9. The molecule has 0 bridgehead atoms. The highest BCUT2D eigenvalue weighted by Gasteiger charge is 1.98. The van der Waals surface area contributed by atoms with E-state index < -0.39 is 0 Å². The molecule has 0 unspecified atom stereocenters. The van der Waals surface area contributed by atoms with Crippen LogP contribution < -0.4 is 5.32 Å². The number of rotatable bonds is 3. The van der Waals surface area contributed by atoms with Gasteiger partial charge >= 0.3 is 0 Å². The normalized spacial score (nSPS) is 10.3. The minimum atomic E-state index is 0.657. The van der Waals surface area contributed by atoms with Crippen molar-refractivity contribution < 1.29 is 0 Å². The Morgan fingerprint density at radius 1 is 1.47 bits per heavy atom. The van der Waals surface area contributed by atoms with E-state index >= 15 is 0 Å². The third kappa shape index (κ3) is 2.76. The first-order chi connectivity index (χ1) is 7.24. The maximum Gasteiger partial charge on any atom is 0.130 e. The second-order valence-corrected chi connectivity index (χ2v) is 3.87. The average molecular weight is 268 g/mol. The van der Waals surface area contributed by atoms with Gasteiger partial charge in [-0.25, -0.2) is 9.97 Å². The number of halogens is 1. The lowest BCUT2D eigenvalue weighted by atomic mass is 10.4. The Morgan fingerprint density at radius 3 is 3.00 bits per heavy atom. The fourth-order valence-corrected chi connectivity index (χ4v) is 1.48. The summed E-state index contributed by atoms with van der Waals surface area (Å²) in [6, 6.07) is 3.78. The highest BCUT2D eigenvalue weighted by molar-refractivity contribution is 9.10. The molecule has 2 aromatic rings. The molecule has 1 N–H and O–H groups in total. The van der Waals surface area contributed by atoms with Gasteiger partial charge in [0.25, 0.3) is 0 Å². The maximum absolute atomic E-state index is 4.25. The van der Waals surface area contributed by atoms with Gasteiger partial charge in [0.1, 0.15) is 16.7 Å². The molecule has 0 fully saturated rings. The lowest BCUT2D eigenvalue weighted by molar-refractivity contribution is 0.747. The Bertz CT molecular complexity index is 453. The molecule has 78 valence electrons. The summed E-state index contributed by atoms with van der Waals surface area (Å²) in [4.78, 5) is 8.02. The summed E-state index contributed by atoms with van der Waals surface area (Å²) in [6.07, 6.45) is 3.41. The van der Waals surface area contributed by atoms with Crippen LogP contribution in [0.1, 0.15) is 5.69 Å². The largest absolute Gasteiger partial charge is 0.364 e. The van der Waals surface area contributed by atoms with Crippen molar-refractivity contribution in [2.75, 3.05) is 5.32 Å². The molecule has 0 aromatic carbocycles. The van der Waals surface area contributed by atoms with Crippen molar-refractivity contribution in [2.45, 2.75) is 6.54 Å². The van der Waals surface area contributed by atoms with Crippen LogP contribution in [0.4, 0.5) is 5.82 Å². The van der Waals surface area contributed by atoms with E-state index in [9.17, 15) is 0 Å². The van der Waals surface area contributed by atoms with Gasteiger partial charge in [-0.05, 0) is 22.0 Å². The number of aryl methyl sites for hydroxylation is 1. The molecule has 0 spiro atoms. The molecule has 0 radical (unpaired) electrons. The molecular weight excluding hydrogens is 258 g/mol. The average Bonchev–Trinajstić information content (AvgIpc) is 2.62. The maximum atomic E-state index is 4.25. The topological polar surface area (TPSA) is 55.6 Å². The molecule has 0 aliphatic carbocycles. The molecule has 5 nitrogen and oxygen atoms in total. The Kier molecular flexibility index (Phi) is 2.96. The van der Waals surface area contributed by atoms with Crippen LogP contribution in [0.15, 0.2) is 29.3 Å². The quantitative estimate of drug-likeness (QED) is 0.859. The van der Waals surface area contributed by atoms with Crippen LogP contribution in [0.25, 0.3) is 0 Å². The molecule has 2 rings (SSSR count). The van der Waals surface area contributed by atoms with Gasteiger partial charge in [0.2, 0.25) is 0 Å². The first kappa shape index (κ1) is 10.1. The third-order valence-electron chi connectivity index (χ3n) is 1.85. The number of aromatic nitrogens is 4. The van der Waals surface area contributed by atoms with Crippen molar-refractivity contribution in [1.29, 1.82) is 0 Å². The molecule has 15 heavy (non-hydrogen) atoms. The Labute approximate surface area is 95.7 Å². The molecule has 0 amide bonds. The van der Waals surface area contributed by atoms with Crippen LogP contribution in [0.5, 0.6) is 0 Å². The van der Waals surface area contributed by atoms with Crippen LogP contribution in [-0.2, 0) is 13.6 Å². The van der Waals surface area contributed by atoms with E-state index in [0.717, 1.165) is 16.1 Å². The van der Waals surface area contributed by atoms with Gasteiger partial charge < -0.3 is 5.32 Å². The molecular formula is C9H10BrN5. The van der Waals surface area contributed by atoms with Gasteiger partial charge in [0.15, 0.2) is 0 Å². The highest BCUT2D eigenvalue weighted by Crippen LogP contribution is 2.10. The predicted octanol–water partition coefficient (Wildman–Crippen LogP) is 1.58. The Hall–Kier alpha value is -1.43. The molecule has 0 atom stereocenters. The van der Waals surface area contributed by atoms with Crippen LogP contribution in [0.2, 0.25) is 0 Å². The van der Waals surface area contributed by atoms with E-state index in [1.54, 1.807) is 4.68 Å². The fraction of sp³-hybridized carbons (Fsp3) is 0.222. The summed E-state index contributed by atoms with van der Waals surface area (Å²) in [5.41, 5.74) is 0.979. The van der Waals surface area contributed by atoms with Crippen molar-refractivity contribution in [3.63, 3.8) is 0 Å². The molecule has 2 aromatic heterocycles. The van der Waals surface area contributed by atoms with Crippen LogP contribution >= 0.6 is 15.9 Å². The van der Waals surface area contributed by atoms with Crippen molar-refractivity contribution >= 4 is 21.7 Å². The molecule has 2 heterocycles. The van der Waals surface area contributed by atoms with Crippen LogP contribution in [0.3, 0.4) is 0 Å². The second kappa shape index (κ2) is 4.39. The summed E-state index contributed by atoms with van der Waals surface area (Å²) in [7, 11) is 1.89. The SMILES string of the molecule is Cn1ccc(CNc2cc(Br)ncn2)n1. The van der Waals surface area contributed by atoms with E-state index in [-0.39, 0.29) is 0 Å². The second-order valence-electron chi connectivity index (χ2n) is 3.06. The van der Waals surface area contributed by atoms with Gasteiger partial charge in [-0.2, -0.15) is 5.10 Å². The minimum absolute atomic E-state index is 0.657. The third-order valence-corrected chi connectivity index (χ3v) is 2.29. The molecule has 0 saturated heterocycles. The Morgan fingerprint density at radius 2 is 2.33 bits per heavy atom. The first-order valence-electron chi connectivity index (χ1n) is 4.44. The molecule has 6 heteroatoms. The van der Waals surface area contributed by atoms with Crippen LogP contribution in [0, 0.1) is 0 Å². The number of nitrogens with zero attached hydrogens (tertiary/aromatic N) is 4. The van der Waals surface area contributed by atoms with Gasteiger partial charge in [-0.3, -0.25) is 4.68 Å². The van der Waals surface area contributed by atoms with Crippen molar-refractivity contribution in [3.05, 3.63) is 35.0 Å². The summed E-state index contributed by atoms with van der Waals surface area (Å²) in [5, 5.41) is 7.41. The van der Waals surface area contributed by atoms with Gasteiger partial charge in [0, 0.05) is 19.3 Å². The van der Waals surface area contributed by atoms with E-state index in [2.05, 4.69) is 36.3 Å². The zero-order valence-electron chi connectivity index (χ0n) is 8.18. The van der Waals surface area contributed by atoms with Crippen molar-refractivity contribution in [1.82, 2.24) is 19.7 Å². The molecule has 0 aliphatic heterocycles. The van der Waals surface area contributed by atoms with E-state index in [1.165, 1.54) is 6.33 Å². The smallest absolute Gasteiger partial charge is 0.130 e. The lowest BCUT2D eigenvalue weighted by Crippen LogP contribution is -2.02.